The first-order chi connectivity index (χ1) is 15.8. The van der Waals surface area contributed by atoms with Gasteiger partial charge in [-0.05, 0) is 42.0 Å². The molecule has 1 saturated heterocycles. The van der Waals surface area contributed by atoms with E-state index in [0.29, 0.717) is 20.6 Å². The van der Waals surface area contributed by atoms with Crippen LogP contribution in [0.1, 0.15) is 16.4 Å². The van der Waals surface area contributed by atoms with Crippen LogP contribution in [0.25, 0.3) is 0 Å². The lowest BCUT2D eigenvalue weighted by molar-refractivity contribution is -0.126. The van der Waals surface area contributed by atoms with Gasteiger partial charge in [0.1, 0.15) is 17.6 Å². The summed E-state index contributed by atoms with van der Waals surface area (Å²) in [5, 5.41) is 5.32. The molecule has 0 spiro atoms. The lowest BCUT2D eigenvalue weighted by Gasteiger charge is -2.30. The van der Waals surface area contributed by atoms with Crippen molar-refractivity contribution >= 4 is 58.1 Å². The maximum absolute atomic E-state index is 13.1. The second kappa shape index (κ2) is 8.44. The number of nitrogens with zero attached hydrogens (tertiary/aromatic N) is 1. The molecule has 1 fully saturated rings. The average Bonchev–Trinajstić information content (AvgIpc) is 3.24. The van der Waals surface area contributed by atoms with Gasteiger partial charge in [-0.2, -0.15) is 0 Å². The first-order valence-electron chi connectivity index (χ1n) is 9.87. The van der Waals surface area contributed by atoms with Gasteiger partial charge in [-0.3, -0.25) is 29.1 Å². The quantitative estimate of drug-likeness (QED) is 0.533. The number of rotatable bonds is 4. The fourth-order valence-electron chi connectivity index (χ4n) is 4.08. The van der Waals surface area contributed by atoms with Crippen molar-refractivity contribution in [1.82, 2.24) is 9.88 Å². The van der Waals surface area contributed by atoms with E-state index in [1.54, 1.807) is 24.3 Å². The van der Waals surface area contributed by atoms with Gasteiger partial charge in [0.25, 0.3) is 0 Å². The Morgan fingerprint density at radius 2 is 1.76 bits per heavy atom. The van der Waals surface area contributed by atoms with Gasteiger partial charge in [0.2, 0.25) is 17.7 Å². The number of aromatic nitrogens is 1. The molecule has 2 aromatic carbocycles. The molecule has 0 saturated carbocycles. The molecule has 1 aromatic heterocycles. The van der Waals surface area contributed by atoms with Gasteiger partial charge in [-0.25, -0.2) is 4.39 Å². The van der Waals surface area contributed by atoms with Crippen molar-refractivity contribution in [3.63, 3.8) is 0 Å². The first-order valence-corrected chi connectivity index (χ1v) is 11.9. The van der Waals surface area contributed by atoms with Gasteiger partial charge >= 0.3 is 4.87 Å². The third-order valence-corrected chi connectivity index (χ3v) is 8.41. The number of hydrogen-bond donors (Lipinski definition) is 2. The van der Waals surface area contributed by atoms with Gasteiger partial charge in [-0.1, -0.05) is 46.8 Å². The van der Waals surface area contributed by atoms with Crippen molar-refractivity contribution in [1.29, 1.82) is 0 Å². The Morgan fingerprint density at radius 1 is 1.06 bits per heavy atom. The fraction of sp³-hybridized carbons (Fsp3) is 0.182. The first kappa shape index (κ1) is 21.9. The van der Waals surface area contributed by atoms with E-state index < -0.39 is 34.7 Å². The van der Waals surface area contributed by atoms with Crippen molar-refractivity contribution in [3.8, 4) is 0 Å². The molecule has 3 amide bonds. The molecule has 7 nitrogen and oxygen atoms in total. The van der Waals surface area contributed by atoms with Crippen LogP contribution in [0.15, 0.2) is 58.4 Å². The molecule has 3 heterocycles. The highest BCUT2D eigenvalue weighted by atomic mass is 35.5. The Morgan fingerprint density at radius 3 is 2.45 bits per heavy atom. The number of benzene rings is 2. The van der Waals surface area contributed by atoms with Crippen molar-refractivity contribution in [3.05, 3.63) is 79.5 Å². The highest BCUT2D eigenvalue weighted by Crippen LogP contribution is 2.51. The van der Waals surface area contributed by atoms with Crippen molar-refractivity contribution in [2.24, 2.45) is 5.92 Å². The molecule has 3 atom stereocenters. The largest absolute Gasteiger partial charge is 0.325 e. The molecule has 0 radical (unpaired) electrons. The Labute approximate surface area is 199 Å². The van der Waals surface area contributed by atoms with E-state index >= 15 is 0 Å². The fourth-order valence-corrected chi connectivity index (χ4v) is 6.95. The van der Waals surface area contributed by atoms with Gasteiger partial charge in [0.15, 0.2) is 0 Å². The van der Waals surface area contributed by atoms with E-state index in [2.05, 4.69) is 10.6 Å². The van der Waals surface area contributed by atoms with Crippen LogP contribution >= 0.6 is 34.7 Å². The van der Waals surface area contributed by atoms with Crippen LogP contribution in [-0.2, 0) is 20.9 Å². The summed E-state index contributed by atoms with van der Waals surface area (Å²) >= 11 is 8.10. The molecule has 3 aromatic rings. The zero-order valence-corrected chi connectivity index (χ0v) is 19.1. The molecular weight excluding hydrogens is 489 g/mol. The molecule has 2 N–H and O–H groups in total. The van der Waals surface area contributed by atoms with Crippen LogP contribution in [0.5, 0.6) is 0 Å². The van der Waals surface area contributed by atoms with Crippen LogP contribution in [0.4, 0.5) is 10.1 Å². The smallest absolute Gasteiger partial charge is 0.308 e. The van der Waals surface area contributed by atoms with E-state index in [-0.39, 0.29) is 17.3 Å². The Bertz CT molecular complexity index is 1340. The van der Waals surface area contributed by atoms with Gasteiger partial charge in [0.05, 0.1) is 10.9 Å². The summed E-state index contributed by atoms with van der Waals surface area (Å²) in [6.45, 7) is -0.282. The summed E-state index contributed by atoms with van der Waals surface area (Å²) in [6.07, 6.45) is 0. The topological polar surface area (TPSA) is 97.3 Å². The number of halogens is 2. The molecule has 5 rings (SSSR count). The molecule has 2 aliphatic rings. The molecule has 0 aliphatic carbocycles. The predicted octanol–water partition coefficient (Wildman–Crippen LogP) is 3.22. The molecular formula is C22H15ClFN3O4S2. The number of imide groups is 1. The molecule has 33 heavy (non-hydrogen) atoms. The molecule has 2 aliphatic heterocycles. The normalized spacial score (nSPS) is 21.3. The summed E-state index contributed by atoms with van der Waals surface area (Å²) < 4.78 is 14.4. The molecule has 3 unspecified atom stereocenters. The van der Waals surface area contributed by atoms with Crippen LogP contribution in [0.3, 0.4) is 0 Å². The number of thiazole rings is 1. The lowest BCUT2D eigenvalue weighted by Crippen LogP contribution is -2.32. The van der Waals surface area contributed by atoms with Crippen molar-refractivity contribution < 1.29 is 18.8 Å². The van der Waals surface area contributed by atoms with E-state index in [1.165, 1.54) is 28.8 Å². The number of amides is 3. The molecule has 11 heteroatoms. The lowest BCUT2D eigenvalue weighted by atomic mass is 9.83. The number of fused-ring (bicyclic) bond motifs is 2. The zero-order valence-electron chi connectivity index (χ0n) is 16.7. The second-order valence-corrected chi connectivity index (χ2v) is 10.2. The van der Waals surface area contributed by atoms with Crippen molar-refractivity contribution in [2.75, 3.05) is 5.32 Å². The van der Waals surface area contributed by atoms with E-state index in [0.717, 1.165) is 28.7 Å². The average molecular weight is 504 g/mol. The van der Waals surface area contributed by atoms with Gasteiger partial charge in [-0.15, -0.1) is 0 Å². The minimum absolute atomic E-state index is 0.282. The summed E-state index contributed by atoms with van der Waals surface area (Å²) in [5.74, 6) is -2.89. The number of carbonyl (C=O) groups is 3. The predicted molar refractivity (Wildman–Crippen MR) is 123 cm³/mol. The maximum Gasteiger partial charge on any atom is 0.308 e. The number of anilines is 1. The minimum Gasteiger partial charge on any atom is -0.325 e. The zero-order chi connectivity index (χ0) is 23.3. The third-order valence-electron chi connectivity index (χ3n) is 5.55. The SMILES string of the molecule is O=C(Cn1c2c(sc1=O)C(c1ccc(Cl)cc1)C1C(=O)NC(=O)C1S2)Nc1ccc(F)cc1. The summed E-state index contributed by atoms with van der Waals surface area (Å²) in [4.78, 5) is 50.9. The summed E-state index contributed by atoms with van der Waals surface area (Å²) in [7, 11) is 0. The number of carbonyl (C=O) groups excluding carboxylic acids is 3. The van der Waals surface area contributed by atoms with E-state index in [9.17, 15) is 23.6 Å². The third kappa shape index (κ3) is 3.98. The van der Waals surface area contributed by atoms with Crippen LogP contribution < -0.4 is 15.5 Å². The minimum atomic E-state index is -0.717. The Balaban J connectivity index is 1.52. The van der Waals surface area contributed by atoms with E-state index in [1.807, 2.05) is 0 Å². The van der Waals surface area contributed by atoms with Crippen LogP contribution in [0.2, 0.25) is 5.02 Å². The van der Waals surface area contributed by atoms with E-state index in [4.69, 9.17) is 11.6 Å². The van der Waals surface area contributed by atoms with Gasteiger partial charge < -0.3 is 5.32 Å². The van der Waals surface area contributed by atoms with Gasteiger partial charge in [0, 0.05) is 21.5 Å². The van der Waals surface area contributed by atoms with Crippen LogP contribution in [-0.4, -0.2) is 27.5 Å². The summed E-state index contributed by atoms with van der Waals surface area (Å²) in [6, 6.07) is 12.2. The Hall–Kier alpha value is -2.95. The maximum atomic E-state index is 13.1. The van der Waals surface area contributed by atoms with Crippen LogP contribution in [0, 0.1) is 11.7 Å². The molecule has 168 valence electrons. The number of hydrogen-bond acceptors (Lipinski definition) is 6. The standard InChI is InChI=1S/C22H15ClFN3O4S2/c23-11-3-1-10(2-4-11)15-16-17(20(30)26-19(16)29)32-21-18(15)33-22(31)27(21)9-14(28)25-13-7-5-12(24)6-8-13/h1-8,15-17H,9H2,(H,25,28)(H,26,29,30). The second-order valence-electron chi connectivity index (χ2n) is 7.63. The highest BCUT2D eigenvalue weighted by molar-refractivity contribution is 8.00. The number of nitrogens with one attached hydrogen (secondary N) is 2. The number of thioether (sulfide) groups is 1. The van der Waals surface area contributed by atoms with Crippen molar-refractivity contribution in [2.45, 2.75) is 22.7 Å². The highest BCUT2D eigenvalue weighted by Gasteiger charge is 2.52. The summed E-state index contributed by atoms with van der Waals surface area (Å²) in [5.41, 5.74) is 1.15. The molecule has 0 bridgehead atoms. The Kier molecular flexibility index (Phi) is 5.59. The monoisotopic (exact) mass is 503 g/mol.